The monoisotopic (exact) mass is 234 g/mol. The van der Waals surface area contributed by atoms with Crippen LogP contribution in [0, 0.1) is 13.8 Å². The van der Waals surface area contributed by atoms with Crippen molar-refractivity contribution in [3.8, 4) is 0 Å². The predicted molar refractivity (Wildman–Crippen MR) is 69.5 cm³/mol. The number of rotatable bonds is 6. The molecule has 1 aromatic heterocycles. The summed E-state index contributed by atoms with van der Waals surface area (Å²) >= 11 is 0. The number of H-pyrrole nitrogens is 1. The van der Waals surface area contributed by atoms with Crippen LogP contribution in [-0.4, -0.2) is 34.8 Å². The molecule has 0 spiro atoms. The van der Waals surface area contributed by atoms with E-state index in [1.54, 1.807) is 0 Å². The normalized spacial score (nSPS) is 15.5. The summed E-state index contributed by atoms with van der Waals surface area (Å²) < 4.78 is 0. The summed E-state index contributed by atoms with van der Waals surface area (Å²) in [6.07, 6.45) is 3.64. The topological polar surface area (TPSA) is 36.1 Å². The van der Waals surface area contributed by atoms with Crippen LogP contribution in [0.4, 0.5) is 0 Å². The first-order chi connectivity index (χ1) is 8.11. The first-order valence-corrected chi connectivity index (χ1v) is 6.55. The van der Waals surface area contributed by atoms with E-state index in [0.29, 0.717) is 12.6 Å². The molecule has 3 heteroatoms. The van der Waals surface area contributed by atoms with Crippen LogP contribution in [0.3, 0.4) is 0 Å². The summed E-state index contributed by atoms with van der Waals surface area (Å²) in [5.41, 5.74) is 2.93. The largest absolute Gasteiger partial charge is 0.362 e. The summed E-state index contributed by atoms with van der Waals surface area (Å²) in [4.78, 5) is 17.8. The third-order valence-electron chi connectivity index (χ3n) is 3.37. The van der Waals surface area contributed by atoms with E-state index in [4.69, 9.17) is 0 Å². The van der Waals surface area contributed by atoms with Crippen LogP contribution >= 0.6 is 0 Å². The molecule has 0 atom stereocenters. The minimum Gasteiger partial charge on any atom is -0.362 e. The van der Waals surface area contributed by atoms with Gasteiger partial charge in [-0.05, 0) is 45.7 Å². The number of hydrogen-bond acceptors (Lipinski definition) is 2. The second-order valence-electron chi connectivity index (χ2n) is 5.12. The smallest absolute Gasteiger partial charge is 0.178 e. The van der Waals surface area contributed by atoms with Crippen LogP contribution in [0.1, 0.15) is 47.9 Å². The van der Waals surface area contributed by atoms with Crippen molar-refractivity contribution in [1.82, 2.24) is 9.88 Å². The lowest BCUT2D eigenvalue weighted by atomic mass is 10.1. The number of nitrogens with one attached hydrogen (secondary N) is 1. The van der Waals surface area contributed by atoms with Gasteiger partial charge in [-0.1, -0.05) is 6.92 Å². The fourth-order valence-corrected chi connectivity index (χ4v) is 2.40. The molecule has 0 amide bonds. The second-order valence-corrected chi connectivity index (χ2v) is 5.12. The number of aromatic nitrogens is 1. The number of hydrogen-bond donors (Lipinski definition) is 1. The van der Waals surface area contributed by atoms with Crippen molar-refractivity contribution in [1.29, 1.82) is 0 Å². The molecule has 1 saturated carbocycles. The van der Waals surface area contributed by atoms with E-state index < -0.39 is 0 Å². The van der Waals surface area contributed by atoms with Crippen molar-refractivity contribution < 1.29 is 4.79 Å². The molecule has 0 aliphatic heterocycles. The van der Waals surface area contributed by atoms with E-state index in [1.807, 2.05) is 19.9 Å². The van der Waals surface area contributed by atoms with Crippen molar-refractivity contribution in [2.45, 2.75) is 46.1 Å². The van der Waals surface area contributed by atoms with Gasteiger partial charge < -0.3 is 4.98 Å². The molecule has 0 radical (unpaired) electrons. The van der Waals surface area contributed by atoms with Gasteiger partial charge in [-0.15, -0.1) is 0 Å². The van der Waals surface area contributed by atoms with Crippen molar-refractivity contribution in [2.24, 2.45) is 0 Å². The Labute approximate surface area is 103 Å². The zero-order valence-corrected chi connectivity index (χ0v) is 11.0. The standard InChI is InChI=1S/C14H22N2O/c1-4-7-16(12-5-6-12)9-14(17)13-8-10(2)15-11(13)3/h8,12,15H,4-7,9H2,1-3H3. The molecular weight excluding hydrogens is 212 g/mol. The third kappa shape index (κ3) is 2.97. The van der Waals surface area contributed by atoms with E-state index in [2.05, 4.69) is 16.8 Å². The molecule has 0 bridgehead atoms. The van der Waals surface area contributed by atoms with Crippen LogP contribution in [0.15, 0.2) is 6.07 Å². The zero-order chi connectivity index (χ0) is 12.4. The highest BCUT2D eigenvalue weighted by Crippen LogP contribution is 2.27. The average molecular weight is 234 g/mol. The summed E-state index contributed by atoms with van der Waals surface area (Å²) in [6, 6.07) is 2.63. The Hall–Kier alpha value is -1.09. The Morgan fingerprint density at radius 1 is 1.47 bits per heavy atom. The quantitative estimate of drug-likeness (QED) is 0.768. The number of ketones is 1. The Morgan fingerprint density at radius 3 is 2.65 bits per heavy atom. The molecule has 1 aromatic rings. The van der Waals surface area contributed by atoms with Crippen LogP contribution in [0.5, 0.6) is 0 Å². The van der Waals surface area contributed by atoms with Gasteiger partial charge in [0.05, 0.1) is 6.54 Å². The summed E-state index contributed by atoms with van der Waals surface area (Å²) in [7, 11) is 0. The van der Waals surface area contributed by atoms with Gasteiger partial charge in [0.1, 0.15) is 0 Å². The highest BCUT2D eigenvalue weighted by atomic mass is 16.1. The summed E-state index contributed by atoms with van der Waals surface area (Å²) in [5, 5.41) is 0. The van der Waals surface area contributed by atoms with Crippen LogP contribution in [0.25, 0.3) is 0 Å². The SMILES string of the molecule is CCCN(CC(=O)c1cc(C)[nH]c1C)C1CC1. The Balaban J connectivity index is 2.02. The minimum absolute atomic E-state index is 0.257. The van der Waals surface area contributed by atoms with Crippen LogP contribution < -0.4 is 0 Å². The molecule has 1 aliphatic carbocycles. The van der Waals surface area contributed by atoms with E-state index in [0.717, 1.165) is 29.9 Å². The number of aryl methyl sites for hydroxylation is 2. The molecular formula is C14H22N2O. The van der Waals surface area contributed by atoms with E-state index >= 15 is 0 Å². The number of carbonyl (C=O) groups excluding carboxylic acids is 1. The number of Topliss-reactive ketones (excluding diaryl/α,β-unsaturated/α-hetero) is 1. The average Bonchev–Trinajstić information content (AvgIpc) is 3.04. The maximum absolute atomic E-state index is 12.2. The van der Waals surface area contributed by atoms with E-state index in [-0.39, 0.29) is 5.78 Å². The van der Waals surface area contributed by atoms with Gasteiger partial charge in [-0.3, -0.25) is 9.69 Å². The van der Waals surface area contributed by atoms with Gasteiger partial charge in [0.25, 0.3) is 0 Å². The van der Waals surface area contributed by atoms with Crippen LogP contribution in [0.2, 0.25) is 0 Å². The van der Waals surface area contributed by atoms with E-state index in [1.165, 1.54) is 12.8 Å². The van der Waals surface area contributed by atoms with Gasteiger partial charge in [0.2, 0.25) is 0 Å². The van der Waals surface area contributed by atoms with Crippen molar-refractivity contribution in [2.75, 3.05) is 13.1 Å². The molecule has 1 N–H and O–H groups in total. The molecule has 0 saturated heterocycles. The summed E-state index contributed by atoms with van der Waals surface area (Å²) in [6.45, 7) is 7.76. The minimum atomic E-state index is 0.257. The molecule has 17 heavy (non-hydrogen) atoms. The second kappa shape index (κ2) is 5.05. The highest BCUT2D eigenvalue weighted by Gasteiger charge is 2.30. The Bertz CT molecular complexity index is 404. The zero-order valence-electron chi connectivity index (χ0n) is 11.0. The predicted octanol–water partition coefficient (Wildman–Crippen LogP) is 2.69. The third-order valence-corrected chi connectivity index (χ3v) is 3.37. The fraction of sp³-hybridized carbons (Fsp3) is 0.643. The lowest BCUT2D eigenvalue weighted by Gasteiger charge is -2.20. The molecule has 1 aliphatic rings. The fourth-order valence-electron chi connectivity index (χ4n) is 2.40. The Morgan fingerprint density at radius 2 is 2.18 bits per heavy atom. The van der Waals surface area contributed by atoms with Gasteiger partial charge in [0, 0.05) is 23.0 Å². The van der Waals surface area contributed by atoms with Gasteiger partial charge in [0.15, 0.2) is 5.78 Å². The molecule has 2 rings (SSSR count). The number of aromatic amines is 1. The highest BCUT2D eigenvalue weighted by molar-refractivity contribution is 5.98. The van der Waals surface area contributed by atoms with Crippen molar-refractivity contribution in [3.05, 3.63) is 23.0 Å². The molecule has 0 aromatic carbocycles. The van der Waals surface area contributed by atoms with Crippen LogP contribution in [-0.2, 0) is 0 Å². The van der Waals surface area contributed by atoms with E-state index in [9.17, 15) is 4.79 Å². The van der Waals surface area contributed by atoms with Gasteiger partial charge in [-0.25, -0.2) is 0 Å². The van der Waals surface area contributed by atoms with Crippen molar-refractivity contribution in [3.63, 3.8) is 0 Å². The lowest BCUT2D eigenvalue weighted by Crippen LogP contribution is -2.32. The van der Waals surface area contributed by atoms with Gasteiger partial charge >= 0.3 is 0 Å². The molecule has 1 fully saturated rings. The molecule has 3 nitrogen and oxygen atoms in total. The maximum Gasteiger partial charge on any atom is 0.178 e. The number of carbonyl (C=O) groups is 1. The molecule has 1 heterocycles. The van der Waals surface area contributed by atoms with Gasteiger partial charge in [-0.2, -0.15) is 0 Å². The lowest BCUT2D eigenvalue weighted by molar-refractivity contribution is 0.0924. The maximum atomic E-state index is 12.2. The summed E-state index contributed by atoms with van der Waals surface area (Å²) in [5.74, 6) is 0.257. The molecule has 0 unspecified atom stereocenters. The first kappa shape index (κ1) is 12.4. The molecule has 94 valence electrons. The number of nitrogens with zero attached hydrogens (tertiary/aromatic N) is 1. The van der Waals surface area contributed by atoms with Crippen molar-refractivity contribution >= 4 is 5.78 Å². The first-order valence-electron chi connectivity index (χ1n) is 6.55. The Kier molecular flexibility index (Phi) is 3.67.